The number of hydrogen-bond donors (Lipinski definition) is 1. The van der Waals surface area contributed by atoms with Crippen molar-refractivity contribution in [1.29, 1.82) is 0 Å². The summed E-state index contributed by atoms with van der Waals surface area (Å²) in [5, 5.41) is 11.3. The summed E-state index contributed by atoms with van der Waals surface area (Å²) in [6.45, 7) is 0.692. The Balaban J connectivity index is 1.35. The Labute approximate surface area is 149 Å². The van der Waals surface area contributed by atoms with E-state index in [1.165, 1.54) is 4.68 Å². The van der Waals surface area contributed by atoms with Gasteiger partial charge in [0.2, 0.25) is 0 Å². The van der Waals surface area contributed by atoms with E-state index in [1.54, 1.807) is 12.1 Å². The first-order valence-electron chi connectivity index (χ1n) is 9.16. The molecule has 8 nitrogen and oxygen atoms in total. The number of rotatable bonds is 4. The molecule has 3 heterocycles. The van der Waals surface area contributed by atoms with Crippen molar-refractivity contribution in [2.75, 3.05) is 13.2 Å². The number of hydrogen-bond acceptors (Lipinski definition) is 6. The molecule has 2 aromatic rings. The average Bonchev–Trinajstić information content (AvgIpc) is 3.02. The molecule has 1 N–H and O–H groups in total. The van der Waals surface area contributed by atoms with Crippen LogP contribution in [-0.4, -0.2) is 40.1 Å². The predicted molar refractivity (Wildman–Crippen MR) is 90.1 cm³/mol. The lowest BCUT2D eigenvalue weighted by Crippen LogP contribution is -2.44. The fraction of sp³-hybridized carbons (Fsp3) is 0.556. The highest BCUT2D eigenvalue weighted by Crippen LogP contribution is 2.40. The van der Waals surface area contributed by atoms with Gasteiger partial charge in [0.15, 0.2) is 5.69 Å². The van der Waals surface area contributed by atoms with Gasteiger partial charge >= 0.3 is 0 Å². The van der Waals surface area contributed by atoms with Gasteiger partial charge in [0.05, 0.1) is 24.9 Å². The summed E-state index contributed by atoms with van der Waals surface area (Å²) in [5.74, 6) is 0.863. The van der Waals surface area contributed by atoms with Crippen molar-refractivity contribution in [1.82, 2.24) is 20.3 Å². The lowest BCUT2D eigenvalue weighted by Gasteiger charge is -2.20. The number of fused-ring (bicyclic) bond motifs is 1. The van der Waals surface area contributed by atoms with Crippen LogP contribution in [0.2, 0.25) is 0 Å². The molecule has 1 saturated carbocycles. The first-order chi connectivity index (χ1) is 12.7. The average molecular weight is 356 g/mol. The molecule has 1 saturated heterocycles. The predicted octanol–water partition coefficient (Wildman–Crippen LogP) is 0.967. The molecule has 0 aromatic carbocycles. The molecule has 2 fully saturated rings. The van der Waals surface area contributed by atoms with E-state index in [0.717, 1.165) is 49.1 Å². The van der Waals surface area contributed by atoms with Crippen molar-refractivity contribution in [2.45, 2.75) is 50.1 Å². The van der Waals surface area contributed by atoms with Crippen molar-refractivity contribution >= 4 is 5.91 Å². The van der Waals surface area contributed by atoms with Gasteiger partial charge in [-0.3, -0.25) is 9.59 Å². The zero-order valence-electron chi connectivity index (χ0n) is 14.3. The molecular weight excluding hydrogens is 336 g/mol. The second-order valence-corrected chi connectivity index (χ2v) is 7.33. The molecule has 2 aromatic heterocycles. The summed E-state index contributed by atoms with van der Waals surface area (Å²) in [7, 11) is 0. The number of aromatic nitrogens is 3. The highest BCUT2D eigenvalue weighted by Gasteiger charge is 2.35. The monoisotopic (exact) mass is 356 g/mol. The topological polar surface area (TPSA) is 99.2 Å². The molecule has 136 valence electrons. The van der Waals surface area contributed by atoms with Crippen LogP contribution >= 0.6 is 0 Å². The zero-order chi connectivity index (χ0) is 17.7. The molecule has 3 aliphatic rings. The quantitative estimate of drug-likeness (QED) is 0.876. The van der Waals surface area contributed by atoms with Gasteiger partial charge in [-0.15, -0.1) is 0 Å². The van der Waals surface area contributed by atoms with Crippen molar-refractivity contribution < 1.29 is 14.1 Å². The molecule has 8 heteroatoms. The van der Waals surface area contributed by atoms with Crippen LogP contribution in [0.15, 0.2) is 21.5 Å². The van der Waals surface area contributed by atoms with Crippen LogP contribution in [0, 0.1) is 0 Å². The van der Waals surface area contributed by atoms with Crippen LogP contribution in [0.5, 0.6) is 0 Å². The maximum Gasteiger partial charge on any atom is 0.273 e. The number of carbonyl (C=O) groups is 1. The van der Waals surface area contributed by atoms with E-state index >= 15 is 0 Å². The van der Waals surface area contributed by atoms with Crippen LogP contribution in [0.1, 0.15) is 58.7 Å². The zero-order valence-corrected chi connectivity index (χ0v) is 14.3. The van der Waals surface area contributed by atoms with E-state index in [0.29, 0.717) is 19.1 Å². The number of nitrogens with zero attached hydrogens (tertiary/aromatic N) is 3. The third-order valence-corrected chi connectivity index (χ3v) is 5.40. The Morgan fingerprint density at radius 3 is 2.96 bits per heavy atom. The van der Waals surface area contributed by atoms with Gasteiger partial charge in [0.1, 0.15) is 11.8 Å². The second kappa shape index (κ2) is 6.05. The molecule has 2 aliphatic carbocycles. The molecule has 0 bridgehead atoms. The number of carbonyl (C=O) groups excluding carboxylic acids is 1. The van der Waals surface area contributed by atoms with Crippen molar-refractivity contribution in [2.24, 2.45) is 0 Å². The molecule has 0 spiro atoms. The normalized spacial score (nSPS) is 24.6. The third kappa shape index (κ3) is 2.74. The summed E-state index contributed by atoms with van der Waals surface area (Å²) in [6.07, 6.45) is 5.00. The minimum absolute atomic E-state index is 0.141. The highest BCUT2D eigenvalue weighted by atomic mass is 16.5. The summed E-state index contributed by atoms with van der Waals surface area (Å²) >= 11 is 0. The van der Waals surface area contributed by atoms with Crippen LogP contribution in [0.4, 0.5) is 0 Å². The van der Waals surface area contributed by atoms with Gasteiger partial charge in [0.25, 0.3) is 11.5 Å². The van der Waals surface area contributed by atoms with Gasteiger partial charge in [-0.05, 0) is 37.7 Å². The van der Waals surface area contributed by atoms with Gasteiger partial charge < -0.3 is 14.6 Å². The van der Waals surface area contributed by atoms with E-state index in [-0.39, 0.29) is 29.2 Å². The summed E-state index contributed by atoms with van der Waals surface area (Å²) in [4.78, 5) is 25.0. The Kier molecular flexibility index (Phi) is 3.66. The summed E-state index contributed by atoms with van der Waals surface area (Å²) < 4.78 is 12.2. The Bertz CT molecular complexity index is 914. The number of aryl methyl sites for hydroxylation is 2. The Morgan fingerprint density at radius 2 is 2.12 bits per heavy atom. The van der Waals surface area contributed by atoms with Gasteiger partial charge in [-0.1, -0.05) is 5.16 Å². The van der Waals surface area contributed by atoms with Gasteiger partial charge in [-0.25, -0.2) is 4.68 Å². The lowest BCUT2D eigenvalue weighted by molar-refractivity contribution is 0.0915. The number of nitrogens with one attached hydrogen (secondary N) is 1. The second-order valence-electron chi connectivity index (χ2n) is 7.33. The van der Waals surface area contributed by atoms with E-state index in [1.807, 2.05) is 0 Å². The molecule has 2 atom stereocenters. The first-order valence-corrected chi connectivity index (χ1v) is 9.16. The maximum absolute atomic E-state index is 12.5. The van der Waals surface area contributed by atoms with E-state index < -0.39 is 0 Å². The van der Waals surface area contributed by atoms with Crippen LogP contribution in [0.3, 0.4) is 0 Å². The maximum atomic E-state index is 12.5. The van der Waals surface area contributed by atoms with Crippen LogP contribution in [0.25, 0.3) is 0 Å². The molecular formula is C18H20N4O4. The van der Waals surface area contributed by atoms with E-state index in [9.17, 15) is 9.59 Å². The molecule has 1 amide bonds. The largest absolute Gasteiger partial charge is 0.377 e. The molecule has 1 aliphatic heterocycles. The lowest BCUT2D eigenvalue weighted by atomic mass is 10.1. The van der Waals surface area contributed by atoms with E-state index in [2.05, 4.69) is 15.6 Å². The van der Waals surface area contributed by atoms with Crippen molar-refractivity contribution in [3.63, 3.8) is 0 Å². The summed E-state index contributed by atoms with van der Waals surface area (Å²) in [6, 6.07) is 2.74. The van der Waals surface area contributed by atoms with E-state index in [4.69, 9.17) is 9.26 Å². The number of amides is 1. The molecule has 0 radical (unpaired) electrons. The van der Waals surface area contributed by atoms with Crippen molar-refractivity contribution in [3.8, 4) is 0 Å². The minimum Gasteiger partial charge on any atom is -0.377 e. The van der Waals surface area contributed by atoms with Gasteiger partial charge in [0, 0.05) is 18.1 Å². The molecule has 5 rings (SSSR count). The summed E-state index contributed by atoms with van der Waals surface area (Å²) in [5.41, 5.74) is 2.15. The third-order valence-electron chi connectivity index (χ3n) is 5.40. The van der Waals surface area contributed by atoms with Gasteiger partial charge in [-0.2, -0.15) is 5.10 Å². The standard InChI is InChI=1S/C18H20N4O4/c23-17-6-11-2-1-3-12(11)20-22(17)15-9-25-8-14(15)19-18(24)13-7-16(26-21-13)10-4-5-10/h6-7,10,14-15H,1-5,8-9H2,(H,19,24). The smallest absolute Gasteiger partial charge is 0.273 e. The Hall–Kier alpha value is -2.48. The fourth-order valence-electron chi connectivity index (χ4n) is 3.77. The first kappa shape index (κ1) is 15.7. The molecule has 26 heavy (non-hydrogen) atoms. The van der Waals surface area contributed by atoms with Crippen molar-refractivity contribution in [3.05, 3.63) is 45.2 Å². The van der Waals surface area contributed by atoms with Crippen LogP contribution in [-0.2, 0) is 17.6 Å². The molecule has 2 unspecified atom stereocenters. The SMILES string of the molecule is O=C(NC1COCC1n1nc2c(cc1=O)CCC2)c1cc(C2CC2)on1. The minimum atomic E-state index is -0.326. The Morgan fingerprint density at radius 1 is 1.23 bits per heavy atom. The highest BCUT2D eigenvalue weighted by molar-refractivity contribution is 5.92. The fourth-order valence-corrected chi connectivity index (χ4v) is 3.77. The van der Waals surface area contributed by atoms with Crippen LogP contribution < -0.4 is 10.9 Å². The number of ether oxygens (including phenoxy) is 1.